The van der Waals surface area contributed by atoms with Gasteiger partial charge in [0, 0.05) is 67.3 Å². The molecular weight excluding hydrogens is 531 g/mol. The van der Waals surface area contributed by atoms with Gasteiger partial charge in [-0.2, -0.15) is 5.10 Å². The summed E-state index contributed by atoms with van der Waals surface area (Å²) < 4.78 is 16.3. The maximum absolute atomic E-state index is 14.3. The Morgan fingerprint density at radius 3 is 2.52 bits per heavy atom. The highest BCUT2D eigenvalue weighted by molar-refractivity contribution is 6.00. The first-order valence-corrected chi connectivity index (χ1v) is 15.0. The summed E-state index contributed by atoms with van der Waals surface area (Å²) >= 11 is 0. The van der Waals surface area contributed by atoms with Crippen molar-refractivity contribution in [3.63, 3.8) is 0 Å². The van der Waals surface area contributed by atoms with Crippen molar-refractivity contribution in [2.24, 2.45) is 0 Å². The van der Waals surface area contributed by atoms with Gasteiger partial charge in [-0.3, -0.25) is 9.80 Å². The minimum absolute atomic E-state index is 0.195. The predicted molar refractivity (Wildman–Crippen MR) is 163 cm³/mol. The van der Waals surface area contributed by atoms with E-state index >= 15 is 0 Å². The van der Waals surface area contributed by atoms with E-state index in [4.69, 9.17) is 10.8 Å². The highest BCUT2D eigenvalue weighted by atomic mass is 19.1. The number of aliphatic hydroxyl groups excluding tert-OH is 1. The molecule has 0 atom stereocenters. The van der Waals surface area contributed by atoms with Gasteiger partial charge in [0.05, 0.1) is 18.0 Å². The van der Waals surface area contributed by atoms with Crippen LogP contribution < -0.4 is 5.73 Å². The van der Waals surface area contributed by atoms with Gasteiger partial charge >= 0.3 is 0 Å². The number of nitrogen functional groups attached to an aromatic ring is 1. The zero-order valence-corrected chi connectivity index (χ0v) is 23.7. The number of aliphatic hydroxyl groups is 1. The molecule has 0 spiro atoms. The monoisotopic (exact) mass is 568 g/mol. The Kier molecular flexibility index (Phi) is 7.35. The van der Waals surface area contributed by atoms with Crippen LogP contribution in [0.1, 0.15) is 43.0 Å². The van der Waals surface area contributed by atoms with Crippen LogP contribution in [0.15, 0.2) is 54.9 Å². The van der Waals surface area contributed by atoms with Crippen LogP contribution in [-0.2, 0) is 6.42 Å². The van der Waals surface area contributed by atoms with Crippen molar-refractivity contribution in [3.8, 4) is 11.3 Å². The summed E-state index contributed by atoms with van der Waals surface area (Å²) in [7, 11) is 0. The molecule has 42 heavy (non-hydrogen) atoms. The minimum Gasteiger partial charge on any atom is -0.395 e. The molecule has 3 aromatic heterocycles. The molecule has 0 bridgehead atoms. The molecular formula is C32H37FN8O. The number of β-amino-alcohol motifs (C(OH)–C–C–N with tert-alkyl or cyclic N) is 1. The lowest BCUT2D eigenvalue weighted by Crippen LogP contribution is -2.51. The Labute approximate surface area is 244 Å². The molecule has 0 amide bonds. The molecule has 4 heterocycles. The second kappa shape index (κ2) is 11.4. The van der Waals surface area contributed by atoms with Crippen LogP contribution in [0.2, 0.25) is 0 Å². The van der Waals surface area contributed by atoms with E-state index in [9.17, 15) is 9.50 Å². The summed E-state index contributed by atoms with van der Waals surface area (Å²) in [6, 6.07) is 16.0. The van der Waals surface area contributed by atoms with E-state index < -0.39 is 0 Å². The number of aromatic nitrogens is 5. The summed E-state index contributed by atoms with van der Waals surface area (Å²) in [5, 5.41) is 16.2. The number of halogens is 1. The van der Waals surface area contributed by atoms with Crippen LogP contribution in [0.25, 0.3) is 33.2 Å². The molecule has 1 aliphatic heterocycles. The number of H-pyrrole nitrogens is 1. The van der Waals surface area contributed by atoms with Gasteiger partial charge < -0.3 is 15.8 Å². The van der Waals surface area contributed by atoms with Crippen LogP contribution in [0, 0.1) is 5.82 Å². The Morgan fingerprint density at radius 2 is 1.74 bits per heavy atom. The fourth-order valence-corrected chi connectivity index (χ4v) is 6.90. The molecule has 9 nitrogen and oxygen atoms in total. The number of piperazine rings is 1. The summed E-state index contributed by atoms with van der Waals surface area (Å²) in [4.78, 5) is 17.4. The number of hydrogen-bond donors (Lipinski definition) is 3. The number of anilines is 1. The Bertz CT molecular complexity index is 1700. The first-order chi connectivity index (χ1) is 20.6. The van der Waals surface area contributed by atoms with Crippen LogP contribution >= 0.6 is 0 Å². The molecule has 0 unspecified atom stereocenters. The van der Waals surface area contributed by atoms with Gasteiger partial charge in [0.2, 0.25) is 0 Å². The number of nitrogens with one attached hydrogen (secondary N) is 1. The van der Waals surface area contributed by atoms with Crippen LogP contribution in [0.3, 0.4) is 0 Å². The van der Waals surface area contributed by atoms with E-state index in [-0.39, 0.29) is 18.5 Å². The fourth-order valence-electron chi connectivity index (χ4n) is 6.90. The molecule has 2 fully saturated rings. The topological polar surface area (TPSA) is 112 Å². The average Bonchev–Trinajstić information content (AvgIpc) is 3.61. The van der Waals surface area contributed by atoms with E-state index in [2.05, 4.69) is 47.6 Å². The first-order valence-electron chi connectivity index (χ1n) is 15.0. The first kappa shape index (κ1) is 27.0. The highest BCUT2D eigenvalue weighted by Crippen LogP contribution is 2.38. The lowest BCUT2D eigenvalue weighted by atomic mass is 9.90. The fraction of sp³-hybridized carbons (Fsp3) is 0.406. The third-order valence-corrected chi connectivity index (χ3v) is 9.16. The Balaban J connectivity index is 1.13. The number of benzene rings is 2. The molecule has 7 rings (SSSR count). The van der Waals surface area contributed by atoms with Gasteiger partial charge in [-0.15, -0.1) is 0 Å². The van der Waals surface area contributed by atoms with Gasteiger partial charge in [-0.05, 0) is 55.5 Å². The van der Waals surface area contributed by atoms with E-state index in [1.807, 2.05) is 18.2 Å². The lowest BCUT2D eigenvalue weighted by Gasteiger charge is -2.41. The summed E-state index contributed by atoms with van der Waals surface area (Å²) in [5.41, 5.74) is 11.6. The smallest absolute Gasteiger partial charge is 0.164 e. The number of rotatable bonds is 7. The molecule has 10 heteroatoms. The van der Waals surface area contributed by atoms with Crippen LogP contribution in [0.5, 0.6) is 0 Å². The predicted octanol–water partition coefficient (Wildman–Crippen LogP) is 4.38. The Hall–Kier alpha value is -3.86. The molecule has 4 N–H and O–H groups in total. The van der Waals surface area contributed by atoms with E-state index in [0.29, 0.717) is 23.8 Å². The quantitative estimate of drug-likeness (QED) is 0.267. The zero-order chi connectivity index (χ0) is 28.6. The largest absolute Gasteiger partial charge is 0.395 e. The van der Waals surface area contributed by atoms with E-state index in [1.165, 1.54) is 12.4 Å². The van der Waals surface area contributed by atoms with Crippen molar-refractivity contribution in [1.82, 2.24) is 34.5 Å². The number of aromatic amines is 1. The van der Waals surface area contributed by atoms with E-state index in [1.54, 1.807) is 6.07 Å². The maximum atomic E-state index is 14.3. The van der Waals surface area contributed by atoms with Gasteiger partial charge in [-0.1, -0.05) is 24.3 Å². The lowest BCUT2D eigenvalue weighted by molar-refractivity contribution is 0.0629. The number of nitrogens with zero attached hydrogens (tertiary/aromatic N) is 6. The summed E-state index contributed by atoms with van der Waals surface area (Å²) in [5.74, 6) is 0.240. The highest BCUT2D eigenvalue weighted by Gasteiger charge is 2.31. The minimum atomic E-state index is -0.195. The number of hydrogen-bond acceptors (Lipinski definition) is 7. The van der Waals surface area contributed by atoms with E-state index in [0.717, 1.165) is 97.3 Å². The molecule has 2 aliphatic rings. The van der Waals surface area contributed by atoms with Crippen molar-refractivity contribution in [2.45, 2.75) is 44.2 Å². The van der Waals surface area contributed by atoms with Crippen molar-refractivity contribution in [1.29, 1.82) is 0 Å². The number of fused-ring (bicyclic) bond motifs is 2. The van der Waals surface area contributed by atoms with Crippen molar-refractivity contribution in [3.05, 3.63) is 71.9 Å². The average molecular weight is 569 g/mol. The second-order valence-corrected chi connectivity index (χ2v) is 11.7. The van der Waals surface area contributed by atoms with Gasteiger partial charge in [-0.25, -0.2) is 19.0 Å². The van der Waals surface area contributed by atoms with Crippen LogP contribution in [-0.4, -0.2) is 85.0 Å². The Morgan fingerprint density at radius 1 is 0.952 bits per heavy atom. The molecule has 5 aromatic rings. The van der Waals surface area contributed by atoms with Gasteiger partial charge in [0.25, 0.3) is 0 Å². The summed E-state index contributed by atoms with van der Waals surface area (Å²) in [6.45, 7) is 5.19. The van der Waals surface area contributed by atoms with Gasteiger partial charge in [0.1, 0.15) is 23.7 Å². The van der Waals surface area contributed by atoms with Crippen molar-refractivity contribution >= 4 is 27.8 Å². The third kappa shape index (κ3) is 5.14. The second-order valence-electron chi connectivity index (χ2n) is 11.7. The van der Waals surface area contributed by atoms with Crippen molar-refractivity contribution in [2.75, 3.05) is 45.1 Å². The third-order valence-electron chi connectivity index (χ3n) is 9.16. The molecule has 1 saturated heterocycles. The van der Waals surface area contributed by atoms with Crippen LogP contribution in [0.4, 0.5) is 10.2 Å². The maximum Gasteiger partial charge on any atom is 0.164 e. The zero-order valence-electron chi connectivity index (χ0n) is 23.7. The number of nitrogens with two attached hydrogens (primary N) is 1. The molecule has 0 radical (unpaired) electrons. The standard InChI is InChI=1S/C32H37FN8O/c33-27-4-2-1-3-21(27)18-24-19-23-17-22(5-10-28(23)37-24)30-29-31(34)35-20-36-32(29)41(38-30)26-8-6-25(7-9-26)40-13-11-39(12-14-40)15-16-42/h1-5,10,17,19-20,25-26,37,42H,6-9,11-16,18H2,(H2,34,35,36)/t25-,26-. The normalized spacial score (nSPS) is 20.5. The SMILES string of the molecule is Nc1ncnc2c1c(-c1ccc3[nH]c(Cc4ccccc4F)cc3c1)nn2[C@H]1CC[C@H](N2CCN(CCO)CC2)CC1. The molecule has 1 saturated carbocycles. The summed E-state index contributed by atoms with van der Waals surface area (Å²) in [6.07, 6.45) is 6.36. The molecule has 218 valence electrons. The van der Waals surface area contributed by atoms with Gasteiger partial charge in [0.15, 0.2) is 5.65 Å². The van der Waals surface area contributed by atoms with Crippen molar-refractivity contribution < 1.29 is 9.50 Å². The molecule has 1 aliphatic carbocycles. The molecule has 2 aromatic carbocycles.